The van der Waals surface area contributed by atoms with E-state index in [1.165, 1.54) is 11.1 Å². The molecule has 0 aliphatic heterocycles. The number of hydrogen-bond acceptors (Lipinski definition) is 2. The van der Waals surface area contributed by atoms with Gasteiger partial charge in [0.25, 0.3) is 0 Å². The number of aromatic nitrogens is 2. The van der Waals surface area contributed by atoms with Gasteiger partial charge in [0.2, 0.25) is 0 Å². The molecule has 0 N–H and O–H groups in total. The van der Waals surface area contributed by atoms with Crippen LogP contribution in [0.15, 0.2) is 54.7 Å². The standard InChI is InChI=1S/C28H32N2.2CO.ClH.Rh/c1-18(2)24-11-9-12-25(19(3)4)27(24)26-13-8-10-23-16-29(17-30(23)26)28-21(6)14-20(5)15-22(28)7;2*1-2;;/h8-16,18-19H,1-7H3;;;1H;/q;;;;-1/p-1. The van der Waals surface area contributed by atoms with Crippen molar-refractivity contribution in [2.75, 3.05) is 0 Å². The molecule has 0 radical (unpaired) electrons. The zero-order valence-corrected chi connectivity index (χ0v) is 24.2. The fourth-order valence-electron chi connectivity index (χ4n) is 5.15. The van der Waals surface area contributed by atoms with E-state index in [4.69, 9.17) is 9.69 Å². The minimum atomic E-state index is -4.22. The molecule has 0 saturated heterocycles. The van der Waals surface area contributed by atoms with Crippen LogP contribution in [0.4, 0.5) is 0 Å². The molecule has 2 heterocycles. The first kappa shape index (κ1) is 26.3. The van der Waals surface area contributed by atoms with Gasteiger partial charge in [0.05, 0.1) is 0 Å². The van der Waals surface area contributed by atoms with Crippen molar-refractivity contribution in [3.05, 3.63) is 86.6 Å². The van der Waals surface area contributed by atoms with Crippen LogP contribution in [0, 0.1) is 24.8 Å². The van der Waals surface area contributed by atoms with Crippen LogP contribution in [-0.4, -0.2) is 17.9 Å². The fourth-order valence-corrected chi connectivity index (χ4v) is 7.95. The van der Waals surface area contributed by atoms with Crippen molar-refractivity contribution < 1.29 is 22.0 Å². The van der Waals surface area contributed by atoms with Gasteiger partial charge < -0.3 is 0 Å². The van der Waals surface area contributed by atoms with Crippen molar-refractivity contribution in [1.82, 2.24) is 8.97 Å². The third kappa shape index (κ3) is 4.32. The van der Waals surface area contributed by atoms with Crippen molar-refractivity contribution in [3.63, 3.8) is 0 Å². The van der Waals surface area contributed by atoms with Gasteiger partial charge >= 0.3 is 219 Å². The van der Waals surface area contributed by atoms with Crippen LogP contribution >= 0.6 is 9.69 Å². The first-order valence-electron chi connectivity index (χ1n) is 12.0. The van der Waals surface area contributed by atoms with E-state index in [-0.39, 0.29) is 11.8 Å². The number of carbonyl (C=O) groups excluding carboxylic acids is 2. The molecule has 2 aromatic carbocycles. The molecular formula is C30H32ClN2O2Rh-2. The number of fused-ring (bicyclic) bond motifs is 1. The Balaban J connectivity index is 2.39. The van der Waals surface area contributed by atoms with Gasteiger partial charge in [-0.2, -0.15) is 0 Å². The van der Waals surface area contributed by atoms with Gasteiger partial charge in [0.1, 0.15) is 0 Å². The monoisotopic (exact) mass is 590 g/mol. The van der Waals surface area contributed by atoms with E-state index in [1.54, 1.807) is 0 Å². The Morgan fingerprint density at radius 2 is 1.36 bits per heavy atom. The first-order chi connectivity index (χ1) is 17.0. The topological polar surface area (TPSA) is 43.5 Å². The predicted molar refractivity (Wildman–Crippen MR) is 145 cm³/mol. The number of aryl methyl sites for hydroxylation is 3. The summed E-state index contributed by atoms with van der Waals surface area (Å²) < 4.78 is 8.28. The molecule has 0 spiro atoms. The van der Waals surface area contributed by atoms with E-state index in [2.05, 4.69) is 65.0 Å². The SMILES string of the molecule is Cc1cc(C)c(-n2cc3cccc(-c4c(C(C)C)cccc4C(C)C)n3[c]2=[Rh-2]([Cl])(=[C]=O)=[C]=O)c(C)c1. The third-order valence-corrected chi connectivity index (χ3v) is 10.5. The van der Waals surface area contributed by atoms with Gasteiger partial charge in [-0.15, -0.1) is 0 Å². The summed E-state index contributed by atoms with van der Waals surface area (Å²) in [5.74, 6) is 0.550. The van der Waals surface area contributed by atoms with Crippen molar-refractivity contribution in [2.24, 2.45) is 0 Å². The molecule has 4 aromatic rings. The Morgan fingerprint density at radius 3 is 1.86 bits per heavy atom. The number of imidazole rings is 1. The second-order valence-electron chi connectivity index (χ2n) is 9.86. The second-order valence-corrected chi connectivity index (χ2v) is 15.7. The minimum absolute atomic E-state index is 0.275. The van der Waals surface area contributed by atoms with Crippen LogP contribution in [0.2, 0.25) is 0 Å². The molecule has 0 atom stereocenters. The van der Waals surface area contributed by atoms with Crippen LogP contribution in [0.3, 0.4) is 0 Å². The molecule has 192 valence electrons. The summed E-state index contributed by atoms with van der Waals surface area (Å²) in [4.78, 5) is 24.7. The molecule has 0 bridgehead atoms. The molecule has 0 unspecified atom stereocenters. The summed E-state index contributed by atoms with van der Waals surface area (Å²) in [6, 6.07) is 16.7. The second kappa shape index (κ2) is 9.93. The number of nitrogens with zero attached hydrogens (tertiary/aromatic N) is 2. The average Bonchev–Trinajstić information content (AvgIpc) is 3.22. The molecule has 4 rings (SSSR count). The molecule has 2 aromatic heterocycles. The zero-order chi connectivity index (χ0) is 26.4. The van der Waals surface area contributed by atoms with Crippen molar-refractivity contribution in [2.45, 2.75) is 60.3 Å². The Kier molecular flexibility index (Phi) is 7.24. The van der Waals surface area contributed by atoms with E-state index < -0.39 is 12.4 Å². The summed E-state index contributed by atoms with van der Waals surface area (Å²) in [6.07, 6.45) is 1.97. The van der Waals surface area contributed by atoms with Gasteiger partial charge in [-0.1, -0.05) is 0 Å². The van der Waals surface area contributed by atoms with E-state index >= 15 is 0 Å². The molecule has 0 fully saturated rings. The maximum absolute atomic E-state index is 12.3. The number of hydrogen-bond donors (Lipinski definition) is 0. The Labute approximate surface area is 218 Å². The summed E-state index contributed by atoms with van der Waals surface area (Å²) in [5.41, 5.74) is 9.42. The Bertz CT molecular complexity index is 1730. The molecule has 0 aliphatic rings. The normalized spacial score (nSPS) is 12.3. The van der Waals surface area contributed by atoms with Crippen LogP contribution in [-0.2, 0) is 22.0 Å². The predicted octanol–water partition coefficient (Wildman–Crippen LogP) is 7.54. The van der Waals surface area contributed by atoms with Crippen molar-refractivity contribution in [3.8, 4) is 16.9 Å². The van der Waals surface area contributed by atoms with E-state index in [0.29, 0.717) is 4.01 Å². The number of benzene rings is 2. The van der Waals surface area contributed by atoms with Gasteiger partial charge in [-0.3, -0.25) is 0 Å². The summed E-state index contributed by atoms with van der Waals surface area (Å²) in [7, 11) is 6.88. The van der Waals surface area contributed by atoms with Crippen LogP contribution in [0.5, 0.6) is 0 Å². The van der Waals surface area contributed by atoms with E-state index in [1.807, 2.05) is 56.2 Å². The van der Waals surface area contributed by atoms with Gasteiger partial charge in [-0.25, -0.2) is 0 Å². The first-order valence-corrected chi connectivity index (χ1v) is 16.5. The molecule has 0 amide bonds. The average molecular weight is 591 g/mol. The van der Waals surface area contributed by atoms with Gasteiger partial charge in [0.15, 0.2) is 0 Å². The third-order valence-electron chi connectivity index (χ3n) is 6.54. The van der Waals surface area contributed by atoms with Gasteiger partial charge in [-0.05, 0) is 0 Å². The molecular weight excluding hydrogens is 559 g/mol. The Hall–Kier alpha value is -2.80. The molecule has 36 heavy (non-hydrogen) atoms. The summed E-state index contributed by atoms with van der Waals surface area (Å²) in [6.45, 7) is 14.8. The maximum atomic E-state index is 12.3. The van der Waals surface area contributed by atoms with Gasteiger partial charge in [0, 0.05) is 0 Å². The Morgan fingerprint density at radius 1 is 0.833 bits per heavy atom. The van der Waals surface area contributed by atoms with Crippen molar-refractivity contribution >= 4 is 24.2 Å². The molecule has 0 aliphatic carbocycles. The molecule has 6 heteroatoms. The van der Waals surface area contributed by atoms with Crippen LogP contribution < -0.4 is 0 Å². The van der Waals surface area contributed by atoms with Crippen LogP contribution in [0.25, 0.3) is 22.5 Å². The summed E-state index contributed by atoms with van der Waals surface area (Å²) >= 11 is -4.22. The quantitative estimate of drug-likeness (QED) is 0.231. The molecule has 0 saturated carbocycles. The summed E-state index contributed by atoms with van der Waals surface area (Å²) in [5, 5.41) is 0. The zero-order valence-electron chi connectivity index (χ0n) is 21.8. The van der Waals surface area contributed by atoms with Crippen molar-refractivity contribution in [1.29, 1.82) is 0 Å². The van der Waals surface area contributed by atoms with Crippen LogP contribution in [0.1, 0.15) is 67.3 Å². The van der Waals surface area contributed by atoms with E-state index in [9.17, 15) is 9.59 Å². The number of rotatable bonds is 4. The number of halogens is 1. The molecule has 4 nitrogen and oxygen atoms in total. The fraction of sp³-hybridized carbons (Fsp3) is 0.300. The van der Waals surface area contributed by atoms with E-state index in [0.717, 1.165) is 39.2 Å². The number of pyridine rings is 1.